The Balaban J connectivity index is 1.47. The van der Waals surface area contributed by atoms with Crippen molar-refractivity contribution in [2.75, 3.05) is 18.4 Å². The van der Waals surface area contributed by atoms with Crippen LogP contribution < -0.4 is 10.9 Å². The molecule has 0 atom stereocenters. The summed E-state index contributed by atoms with van der Waals surface area (Å²) in [5, 5.41) is 7.75. The van der Waals surface area contributed by atoms with Crippen LogP contribution in [-0.4, -0.2) is 50.2 Å². The number of anilines is 1. The van der Waals surface area contributed by atoms with Gasteiger partial charge in [0, 0.05) is 25.1 Å². The highest BCUT2D eigenvalue weighted by atomic mass is 19.1. The summed E-state index contributed by atoms with van der Waals surface area (Å²) in [7, 11) is 0. The largest absolute Gasteiger partial charge is 0.444 e. The molecule has 0 aliphatic carbocycles. The van der Waals surface area contributed by atoms with Crippen LogP contribution in [0.25, 0.3) is 16.6 Å². The predicted molar refractivity (Wildman–Crippen MR) is 137 cm³/mol. The summed E-state index contributed by atoms with van der Waals surface area (Å²) in [5.41, 5.74) is 0.459. The Morgan fingerprint density at radius 2 is 1.84 bits per heavy atom. The Morgan fingerprint density at radius 1 is 1.11 bits per heavy atom. The minimum atomic E-state index is -0.857. The SMILES string of the molecule is CC(C)(C)OC(=O)N1CCC(c2cc(=O)[nH]c3c4c(NC(=O)c5cc(F)ccc5F)cccc4nn23)CC1. The molecule has 3 heterocycles. The summed E-state index contributed by atoms with van der Waals surface area (Å²) >= 11 is 0. The number of carbonyl (C=O) groups excluding carboxylic acids is 2. The number of benzene rings is 2. The summed E-state index contributed by atoms with van der Waals surface area (Å²) < 4.78 is 34.9. The Labute approximate surface area is 216 Å². The number of amides is 2. The van der Waals surface area contributed by atoms with Gasteiger partial charge in [-0.2, -0.15) is 5.10 Å². The number of halogens is 2. The minimum Gasteiger partial charge on any atom is -0.444 e. The molecule has 0 unspecified atom stereocenters. The van der Waals surface area contributed by atoms with Crippen molar-refractivity contribution in [2.45, 2.75) is 45.1 Å². The molecule has 2 N–H and O–H groups in total. The molecule has 4 aromatic rings. The van der Waals surface area contributed by atoms with Gasteiger partial charge in [0.25, 0.3) is 11.5 Å². The number of nitrogens with one attached hydrogen (secondary N) is 2. The van der Waals surface area contributed by atoms with Crippen LogP contribution in [0.15, 0.2) is 47.3 Å². The van der Waals surface area contributed by atoms with E-state index in [2.05, 4.69) is 15.4 Å². The van der Waals surface area contributed by atoms with E-state index in [1.54, 1.807) is 27.6 Å². The molecular weight excluding hydrogens is 496 g/mol. The fourth-order valence-electron chi connectivity index (χ4n) is 4.73. The van der Waals surface area contributed by atoms with Crippen molar-refractivity contribution in [1.82, 2.24) is 19.5 Å². The molecule has 198 valence electrons. The number of likely N-dealkylation sites (tertiary alicyclic amines) is 1. The normalized spacial score (nSPS) is 14.7. The molecule has 1 saturated heterocycles. The highest BCUT2D eigenvalue weighted by molar-refractivity contribution is 6.12. The summed E-state index contributed by atoms with van der Waals surface area (Å²) in [6, 6.07) is 9.14. The van der Waals surface area contributed by atoms with Crippen LogP contribution in [0.4, 0.5) is 19.3 Å². The van der Waals surface area contributed by atoms with E-state index in [-0.39, 0.29) is 17.6 Å². The van der Waals surface area contributed by atoms with Gasteiger partial charge >= 0.3 is 6.09 Å². The molecule has 1 aliphatic rings. The van der Waals surface area contributed by atoms with Gasteiger partial charge in [-0.25, -0.2) is 18.1 Å². The van der Waals surface area contributed by atoms with E-state index in [0.29, 0.717) is 53.9 Å². The number of aromatic amines is 1. The summed E-state index contributed by atoms with van der Waals surface area (Å²) in [4.78, 5) is 42.4. The van der Waals surface area contributed by atoms with Crippen LogP contribution >= 0.6 is 0 Å². The Bertz CT molecular complexity index is 1610. The zero-order chi connectivity index (χ0) is 27.2. The smallest absolute Gasteiger partial charge is 0.410 e. The second-order valence-electron chi connectivity index (χ2n) is 10.3. The quantitative estimate of drug-likeness (QED) is 0.400. The molecule has 11 heteroatoms. The van der Waals surface area contributed by atoms with Gasteiger partial charge in [0.2, 0.25) is 0 Å². The Kier molecular flexibility index (Phi) is 6.38. The van der Waals surface area contributed by atoms with Crippen molar-refractivity contribution in [3.05, 3.63) is 75.7 Å². The van der Waals surface area contributed by atoms with Crippen LogP contribution in [0.3, 0.4) is 0 Å². The van der Waals surface area contributed by atoms with Crippen molar-refractivity contribution in [3.63, 3.8) is 0 Å². The molecule has 0 radical (unpaired) electrons. The molecule has 0 bridgehead atoms. The van der Waals surface area contributed by atoms with Crippen LogP contribution in [-0.2, 0) is 4.74 Å². The summed E-state index contributed by atoms with van der Waals surface area (Å²) in [6.07, 6.45) is 0.847. The molecule has 0 saturated carbocycles. The highest BCUT2D eigenvalue weighted by Gasteiger charge is 2.29. The highest BCUT2D eigenvalue weighted by Crippen LogP contribution is 2.32. The molecular formula is C27H27F2N5O4. The van der Waals surface area contributed by atoms with Crippen molar-refractivity contribution < 1.29 is 23.1 Å². The third-order valence-corrected chi connectivity index (χ3v) is 6.45. The van der Waals surface area contributed by atoms with E-state index in [0.717, 1.165) is 18.2 Å². The Morgan fingerprint density at radius 3 is 2.55 bits per heavy atom. The second-order valence-corrected chi connectivity index (χ2v) is 10.3. The van der Waals surface area contributed by atoms with Gasteiger partial charge in [-0.3, -0.25) is 9.59 Å². The number of rotatable bonds is 3. The monoisotopic (exact) mass is 523 g/mol. The van der Waals surface area contributed by atoms with Gasteiger partial charge in [-0.15, -0.1) is 0 Å². The van der Waals surface area contributed by atoms with E-state index in [1.165, 1.54) is 6.07 Å². The number of piperidine rings is 1. The third-order valence-electron chi connectivity index (χ3n) is 6.45. The number of nitrogens with zero attached hydrogens (tertiary/aromatic N) is 3. The first-order valence-corrected chi connectivity index (χ1v) is 12.3. The molecule has 2 aromatic carbocycles. The topological polar surface area (TPSA) is 109 Å². The average molecular weight is 524 g/mol. The number of H-pyrrole nitrogens is 1. The van der Waals surface area contributed by atoms with Crippen molar-refractivity contribution in [1.29, 1.82) is 0 Å². The molecule has 0 spiro atoms. The maximum absolute atomic E-state index is 14.2. The lowest BCUT2D eigenvalue weighted by molar-refractivity contribution is 0.0203. The number of fused-ring (bicyclic) bond motifs is 3. The first-order chi connectivity index (χ1) is 18.0. The fourth-order valence-corrected chi connectivity index (χ4v) is 4.73. The first-order valence-electron chi connectivity index (χ1n) is 12.3. The Hall–Kier alpha value is -4.28. The van der Waals surface area contributed by atoms with Crippen molar-refractivity contribution in [2.24, 2.45) is 0 Å². The number of aromatic nitrogens is 3. The van der Waals surface area contributed by atoms with Gasteiger partial charge in [0.15, 0.2) is 0 Å². The maximum Gasteiger partial charge on any atom is 0.410 e. The number of ether oxygens (including phenoxy) is 1. The molecule has 38 heavy (non-hydrogen) atoms. The van der Waals surface area contributed by atoms with Gasteiger partial charge in [-0.1, -0.05) is 6.07 Å². The molecule has 2 aromatic heterocycles. The van der Waals surface area contributed by atoms with Crippen LogP contribution in [0.2, 0.25) is 0 Å². The zero-order valence-corrected chi connectivity index (χ0v) is 21.2. The van der Waals surface area contributed by atoms with E-state index in [1.807, 2.05) is 20.8 Å². The summed E-state index contributed by atoms with van der Waals surface area (Å²) in [6.45, 7) is 6.39. The van der Waals surface area contributed by atoms with E-state index in [9.17, 15) is 23.2 Å². The molecule has 9 nitrogen and oxygen atoms in total. The molecule has 1 aliphatic heterocycles. The lowest BCUT2D eigenvalue weighted by Crippen LogP contribution is -2.41. The lowest BCUT2D eigenvalue weighted by atomic mass is 9.93. The lowest BCUT2D eigenvalue weighted by Gasteiger charge is -2.33. The third kappa shape index (κ3) is 4.96. The standard InChI is InChI=1S/C27H27F2N5O4/c1-27(2,3)38-26(37)33-11-9-15(10-12-33)21-14-22(35)31-24-23-19(5-4-6-20(23)32-34(21)24)30-25(36)17-13-16(28)7-8-18(17)29/h4-8,13-15H,9-12H2,1-3H3,(H,30,36)(H,31,35). The second kappa shape index (κ2) is 9.55. The van der Waals surface area contributed by atoms with Gasteiger partial charge in [0.05, 0.1) is 27.8 Å². The van der Waals surface area contributed by atoms with Crippen LogP contribution in [0.1, 0.15) is 55.6 Å². The van der Waals surface area contributed by atoms with Crippen LogP contribution in [0.5, 0.6) is 0 Å². The van der Waals surface area contributed by atoms with E-state index >= 15 is 0 Å². The molecule has 1 fully saturated rings. The van der Waals surface area contributed by atoms with Gasteiger partial charge in [0.1, 0.15) is 22.9 Å². The number of carbonyl (C=O) groups is 2. The van der Waals surface area contributed by atoms with E-state index in [4.69, 9.17) is 4.74 Å². The van der Waals surface area contributed by atoms with Gasteiger partial charge in [-0.05, 0) is 63.9 Å². The van der Waals surface area contributed by atoms with Crippen molar-refractivity contribution in [3.8, 4) is 0 Å². The maximum atomic E-state index is 14.2. The van der Waals surface area contributed by atoms with Gasteiger partial charge < -0.3 is 19.9 Å². The predicted octanol–water partition coefficient (Wildman–Crippen LogP) is 4.82. The number of hydrogen-bond donors (Lipinski definition) is 2. The van der Waals surface area contributed by atoms with E-state index < -0.39 is 28.7 Å². The summed E-state index contributed by atoms with van der Waals surface area (Å²) in [5.74, 6) is -2.48. The van der Waals surface area contributed by atoms with Crippen molar-refractivity contribution >= 4 is 34.2 Å². The van der Waals surface area contributed by atoms with Crippen LogP contribution in [0, 0.1) is 11.6 Å². The minimum absolute atomic E-state index is 0.0489. The molecule has 2 amide bonds. The first kappa shape index (κ1) is 25.4. The number of hydrogen-bond acceptors (Lipinski definition) is 5. The average Bonchev–Trinajstić information content (AvgIpc) is 3.23. The molecule has 5 rings (SSSR count). The fraction of sp³-hybridized carbons (Fsp3) is 0.333. The zero-order valence-electron chi connectivity index (χ0n) is 21.2.